The fourth-order valence-electron chi connectivity index (χ4n) is 0.695. The molecule has 0 amide bonds. The summed E-state index contributed by atoms with van der Waals surface area (Å²) in [6, 6.07) is -0.199. The summed E-state index contributed by atoms with van der Waals surface area (Å²) in [6.07, 6.45) is 4.09. The standard InChI is InChI=1S/C8H15NO/c1-3-5-7(9)8(10)6-4-2/h3-4,7-8,10H,1-2,5-6,9H2. The largest absolute Gasteiger partial charge is 0.391 e. The fourth-order valence-corrected chi connectivity index (χ4v) is 0.695. The predicted molar refractivity (Wildman–Crippen MR) is 43.6 cm³/mol. The average molecular weight is 141 g/mol. The quantitative estimate of drug-likeness (QED) is 0.557. The molecule has 2 atom stereocenters. The molecule has 2 unspecified atom stereocenters. The van der Waals surface area contributed by atoms with Gasteiger partial charge in [0, 0.05) is 6.04 Å². The Morgan fingerprint density at radius 1 is 1.30 bits per heavy atom. The summed E-state index contributed by atoms with van der Waals surface area (Å²) in [5, 5.41) is 9.20. The van der Waals surface area contributed by atoms with E-state index in [2.05, 4.69) is 13.2 Å². The van der Waals surface area contributed by atoms with Crippen LogP contribution in [-0.4, -0.2) is 17.3 Å². The Hall–Kier alpha value is -0.600. The van der Waals surface area contributed by atoms with Gasteiger partial charge in [0.2, 0.25) is 0 Å². The lowest BCUT2D eigenvalue weighted by Crippen LogP contribution is -2.33. The zero-order valence-electron chi connectivity index (χ0n) is 6.16. The van der Waals surface area contributed by atoms with Gasteiger partial charge in [0.05, 0.1) is 6.10 Å². The number of hydrogen-bond acceptors (Lipinski definition) is 2. The first-order valence-electron chi connectivity index (χ1n) is 3.37. The number of hydrogen-bond donors (Lipinski definition) is 2. The zero-order chi connectivity index (χ0) is 7.98. The minimum Gasteiger partial charge on any atom is -0.391 e. The van der Waals surface area contributed by atoms with Crippen molar-refractivity contribution < 1.29 is 5.11 Å². The maximum absolute atomic E-state index is 9.20. The highest BCUT2D eigenvalue weighted by molar-refractivity contribution is 4.84. The van der Waals surface area contributed by atoms with Gasteiger partial charge in [-0.25, -0.2) is 0 Å². The Balaban J connectivity index is 3.56. The van der Waals surface area contributed by atoms with Crippen LogP contribution in [0.4, 0.5) is 0 Å². The van der Waals surface area contributed by atoms with E-state index in [1.165, 1.54) is 0 Å². The van der Waals surface area contributed by atoms with Crippen LogP contribution in [0.5, 0.6) is 0 Å². The van der Waals surface area contributed by atoms with Crippen molar-refractivity contribution in [3.63, 3.8) is 0 Å². The molecule has 0 aliphatic rings. The van der Waals surface area contributed by atoms with E-state index in [4.69, 9.17) is 5.73 Å². The molecule has 0 aliphatic heterocycles. The predicted octanol–water partition coefficient (Wildman–Crippen LogP) is 0.827. The molecular weight excluding hydrogens is 126 g/mol. The molecule has 0 rings (SSSR count). The second-order valence-electron chi connectivity index (χ2n) is 2.28. The van der Waals surface area contributed by atoms with Gasteiger partial charge in [-0.3, -0.25) is 0 Å². The molecule has 0 radical (unpaired) electrons. The van der Waals surface area contributed by atoms with Crippen molar-refractivity contribution in [2.75, 3.05) is 0 Å². The fraction of sp³-hybridized carbons (Fsp3) is 0.500. The summed E-state index contributed by atoms with van der Waals surface area (Å²) >= 11 is 0. The molecule has 3 N–H and O–H groups in total. The van der Waals surface area contributed by atoms with E-state index < -0.39 is 6.10 Å². The normalized spacial score (nSPS) is 15.8. The molecule has 0 aromatic heterocycles. The van der Waals surface area contributed by atoms with Crippen molar-refractivity contribution in [2.45, 2.75) is 25.0 Å². The first kappa shape index (κ1) is 9.40. The van der Waals surface area contributed by atoms with Gasteiger partial charge in [0.15, 0.2) is 0 Å². The average Bonchev–Trinajstić information content (AvgIpc) is 1.89. The highest BCUT2D eigenvalue weighted by Gasteiger charge is 2.09. The number of aliphatic hydroxyl groups is 1. The second kappa shape index (κ2) is 5.21. The number of rotatable bonds is 5. The Morgan fingerprint density at radius 3 is 2.20 bits per heavy atom. The van der Waals surface area contributed by atoms with E-state index in [9.17, 15) is 5.11 Å². The van der Waals surface area contributed by atoms with Gasteiger partial charge < -0.3 is 10.8 Å². The minimum atomic E-state index is -0.476. The van der Waals surface area contributed by atoms with Crippen LogP contribution in [0.25, 0.3) is 0 Å². The van der Waals surface area contributed by atoms with E-state index in [1.54, 1.807) is 12.2 Å². The van der Waals surface area contributed by atoms with Crippen molar-refractivity contribution in [1.82, 2.24) is 0 Å². The Bertz CT molecular complexity index is 97.8. The molecular formula is C8H15NO. The first-order valence-corrected chi connectivity index (χ1v) is 3.37. The molecule has 0 aromatic rings. The van der Waals surface area contributed by atoms with Gasteiger partial charge in [0.25, 0.3) is 0 Å². The lowest BCUT2D eigenvalue weighted by Gasteiger charge is -2.14. The smallest absolute Gasteiger partial charge is 0.0728 e. The zero-order valence-corrected chi connectivity index (χ0v) is 6.16. The van der Waals surface area contributed by atoms with Gasteiger partial charge in [-0.15, -0.1) is 13.2 Å². The van der Waals surface area contributed by atoms with Crippen LogP contribution >= 0.6 is 0 Å². The van der Waals surface area contributed by atoms with Crippen LogP contribution in [0.15, 0.2) is 25.3 Å². The van der Waals surface area contributed by atoms with Gasteiger partial charge in [-0.05, 0) is 12.8 Å². The molecule has 10 heavy (non-hydrogen) atoms. The van der Waals surface area contributed by atoms with E-state index in [0.717, 1.165) is 0 Å². The topological polar surface area (TPSA) is 46.2 Å². The molecule has 0 bridgehead atoms. The monoisotopic (exact) mass is 141 g/mol. The lowest BCUT2D eigenvalue weighted by molar-refractivity contribution is 0.148. The third-order valence-corrected chi connectivity index (χ3v) is 1.34. The molecule has 0 aliphatic carbocycles. The summed E-state index contributed by atoms with van der Waals surface area (Å²) in [4.78, 5) is 0. The maximum atomic E-state index is 9.20. The highest BCUT2D eigenvalue weighted by atomic mass is 16.3. The van der Waals surface area contributed by atoms with Crippen LogP contribution in [0, 0.1) is 0 Å². The van der Waals surface area contributed by atoms with Crippen molar-refractivity contribution >= 4 is 0 Å². The van der Waals surface area contributed by atoms with Gasteiger partial charge in [-0.2, -0.15) is 0 Å². The van der Waals surface area contributed by atoms with Crippen LogP contribution in [0.3, 0.4) is 0 Å². The van der Waals surface area contributed by atoms with Crippen molar-refractivity contribution in [3.05, 3.63) is 25.3 Å². The molecule has 2 heteroatoms. The minimum absolute atomic E-state index is 0.199. The van der Waals surface area contributed by atoms with Crippen LogP contribution < -0.4 is 5.73 Å². The molecule has 0 saturated carbocycles. The van der Waals surface area contributed by atoms with Crippen molar-refractivity contribution in [2.24, 2.45) is 5.73 Å². The third kappa shape index (κ3) is 3.43. The summed E-state index contributed by atoms with van der Waals surface area (Å²) in [6.45, 7) is 7.03. The van der Waals surface area contributed by atoms with Crippen LogP contribution in [0.1, 0.15) is 12.8 Å². The molecule has 0 saturated heterocycles. The maximum Gasteiger partial charge on any atom is 0.0728 e. The highest BCUT2D eigenvalue weighted by Crippen LogP contribution is 2.00. The number of aliphatic hydroxyl groups excluding tert-OH is 1. The third-order valence-electron chi connectivity index (χ3n) is 1.34. The Kier molecular flexibility index (Phi) is 4.89. The molecule has 2 nitrogen and oxygen atoms in total. The summed E-state index contributed by atoms with van der Waals surface area (Å²) in [5.74, 6) is 0. The lowest BCUT2D eigenvalue weighted by atomic mass is 10.1. The molecule has 0 aromatic carbocycles. The molecule has 0 spiro atoms. The van der Waals surface area contributed by atoms with Crippen LogP contribution in [-0.2, 0) is 0 Å². The van der Waals surface area contributed by atoms with E-state index in [-0.39, 0.29) is 6.04 Å². The number of nitrogens with two attached hydrogens (primary N) is 1. The molecule has 58 valence electrons. The van der Waals surface area contributed by atoms with E-state index >= 15 is 0 Å². The van der Waals surface area contributed by atoms with Gasteiger partial charge in [0.1, 0.15) is 0 Å². The Morgan fingerprint density at radius 2 is 1.80 bits per heavy atom. The SMILES string of the molecule is C=CCC(N)C(O)CC=C. The first-order chi connectivity index (χ1) is 4.72. The summed E-state index contributed by atoms with van der Waals surface area (Å²) in [7, 11) is 0. The second-order valence-corrected chi connectivity index (χ2v) is 2.28. The summed E-state index contributed by atoms with van der Waals surface area (Å²) < 4.78 is 0. The van der Waals surface area contributed by atoms with E-state index in [1.807, 2.05) is 0 Å². The summed E-state index contributed by atoms with van der Waals surface area (Å²) in [5.41, 5.74) is 5.54. The Labute approximate surface area is 62.0 Å². The van der Waals surface area contributed by atoms with Crippen molar-refractivity contribution in [1.29, 1.82) is 0 Å². The van der Waals surface area contributed by atoms with Gasteiger partial charge in [-0.1, -0.05) is 12.2 Å². The molecule has 0 fully saturated rings. The van der Waals surface area contributed by atoms with Crippen LogP contribution in [0.2, 0.25) is 0 Å². The molecule has 0 heterocycles. The van der Waals surface area contributed by atoms with E-state index in [0.29, 0.717) is 12.8 Å². The van der Waals surface area contributed by atoms with Gasteiger partial charge >= 0.3 is 0 Å². The van der Waals surface area contributed by atoms with Crippen molar-refractivity contribution in [3.8, 4) is 0 Å².